The molecule has 58 valence electrons. The number of rotatable bonds is 0. The smallest absolute Gasteiger partial charge is 0.180 e. The van der Waals surface area contributed by atoms with Crippen LogP contribution in [0.1, 0.15) is 0 Å². The molecule has 0 spiro atoms. The maximum absolute atomic E-state index is 8.46. The summed E-state index contributed by atoms with van der Waals surface area (Å²) in [7, 11) is 5.04. The third-order valence-corrected chi connectivity index (χ3v) is 0.347. The van der Waals surface area contributed by atoms with Crippen LogP contribution < -0.4 is 0 Å². The lowest BCUT2D eigenvalue weighted by Crippen LogP contribution is -2.28. The summed E-state index contributed by atoms with van der Waals surface area (Å²) < 4.78 is 4.47. The van der Waals surface area contributed by atoms with Gasteiger partial charge in [0.05, 0.1) is 27.3 Å². The van der Waals surface area contributed by atoms with Crippen molar-refractivity contribution in [1.82, 2.24) is 4.98 Å². The third kappa shape index (κ3) is 15.7. The van der Waals surface area contributed by atoms with Crippen LogP contribution in [-0.4, -0.2) is 36.0 Å². The number of quaternary nitrogens is 1. The number of nitrogens with zero attached hydrogens (tertiary/aromatic N) is 2. The van der Waals surface area contributed by atoms with Crippen molar-refractivity contribution in [2.75, 3.05) is 21.1 Å². The zero-order valence-corrected chi connectivity index (χ0v) is 6.48. The van der Waals surface area contributed by atoms with E-state index >= 15 is 0 Å². The predicted octanol–water partition coefficient (Wildman–Crippen LogP) is 0.756. The molecular formula is C6H13N2O2+. The molecule has 0 unspecified atom stereocenters. The molecular weight excluding hydrogens is 132 g/mol. The van der Waals surface area contributed by atoms with Crippen LogP contribution in [0.3, 0.4) is 0 Å². The van der Waals surface area contributed by atoms with E-state index in [0.717, 1.165) is 0 Å². The van der Waals surface area contributed by atoms with Gasteiger partial charge in [0.1, 0.15) is 6.26 Å². The first-order chi connectivity index (χ1) is 4.50. The summed E-state index contributed by atoms with van der Waals surface area (Å²) in [6, 6.07) is 0. The minimum Gasteiger partial charge on any atom is -0.452 e. The molecule has 1 N–H and O–H groups in total. The molecule has 1 aromatic heterocycles. The number of hydrogen-bond donors (Lipinski definition) is 1. The van der Waals surface area contributed by atoms with Gasteiger partial charge >= 0.3 is 0 Å². The van der Waals surface area contributed by atoms with Crippen LogP contribution in [-0.2, 0) is 0 Å². The molecule has 4 heteroatoms. The second kappa shape index (κ2) is 4.03. The maximum atomic E-state index is 8.46. The van der Waals surface area contributed by atoms with Gasteiger partial charge in [0, 0.05) is 0 Å². The van der Waals surface area contributed by atoms with Crippen LogP contribution >= 0.6 is 0 Å². The SMILES string of the molecule is C[N+](C)(C)O.c1cocn1. The summed E-state index contributed by atoms with van der Waals surface area (Å²) in [5.41, 5.74) is 0. The molecule has 0 radical (unpaired) electrons. The van der Waals surface area contributed by atoms with Crippen LogP contribution in [0, 0.1) is 0 Å². The van der Waals surface area contributed by atoms with Crippen molar-refractivity contribution in [1.29, 1.82) is 0 Å². The van der Waals surface area contributed by atoms with Gasteiger partial charge < -0.3 is 4.42 Å². The first-order valence-electron chi connectivity index (χ1n) is 2.86. The van der Waals surface area contributed by atoms with Crippen LogP contribution in [0.25, 0.3) is 0 Å². The Morgan fingerprint density at radius 3 is 2.00 bits per heavy atom. The Balaban J connectivity index is 0.000000162. The van der Waals surface area contributed by atoms with Gasteiger partial charge in [-0.2, -0.15) is 4.65 Å². The molecule has 4 nitrogen and oxygen atoms in total. The summed E-state index contributed by atoms with van der Waals surface area (Å²) in [5, 5.41) is 8.46. The van der Waals surface area contributed by atoms with Crippen LogP contribution in [0.2, 0.25) is 0 Å². The average Bonchev–Trinajstić information content (AvgIpc) is 2.07. The van der Waals surface area contributed by atoms with Crippen molar-refractivity contribution < 1.29 is 14.3 Å². The molecule has 1 aromatic rings. The first-order valence-corrected chi connectivity index (χ1v) is 2.86. The second-order valence-electron chi connectivity index (χ2n) is 2.62. The standard InChI is InChI=1S/C3H3NO.C3H10NO/c1-2-5-3-4-1;1-4(2,3)5/h1-3H;5H,1-3H3/q;+1. The molecule has 0 atom stereocenters. The molecule has 0 fully saturated rings. The van der Waals surface area contributed by atoms with Gasteiger partial charge in [-0.15, -0.1) is 0 Å². The van der Waals surface area contributed by atoms with Crippen molar-refractivity contribution in [2.24, 2.45) is 0 Å². The summed E-state index contributed by atoms with van der Waals surface area (Å²) >= 11 is 0. The van der Waals surface area contributed by atoms with Crippen LogP contribution in [0.5, 0.6) is 0 Å². The summed E-state index contributed by atoms with van der Waals surface area (Å²) in [5.74, 6) is 0. The molecule has 10 heavy (non-hydrogen) atoms. The second-order valence-corrected chi connectivity index (χ2v) is 2.62. The third-order valence-electron chi connectivity index (χ3n) is 0.347. The van der Waals surface area contributed by atoms with Crippen molar-refractivity contribution in [2.45, 2.75) is 0 Å². The molecule has 0 aliphatic rings. The number of oxazole rings is 1. The normalized spacial score (nSPS) is 10.0. The Morgan fingerprint density at radius 1 is 1.40 bits per heavy atom. The largest absolute Gasteiger partial charge is 0.452 e. The van der Waals surface area contributed by atoms with E-state index in [2.05, 4.69) is 9.40 Å². The van der Waals surface area contributed by atoms with Crippen molar-refractivity contribution >= 4 is 0 Å². The topological polar surface area (TPSA) is 46.3 Å². The van der Waals surface area contributed by atoms with Gasteiger partial charge in [-0.05, 0) is 0 Å². The zero-order chi connectivity index (χ0) is 8.04. The molecule has 1 rings (SSSR count). The monoisotopic (exact) mass is 145 g/mol. The highest BCUT2D eigenvalue weighted by molar-refractivity contribution is 4.56. The fourth-order valence-corrected chi connectivity index (χ4v) is 0.176. The highest BCUT2D eigenvalue weighted by Gasteiger charge is 1.92. The highest BCUT2D eigenvalue weighted by Crippen LogP contribution is 1.72. The minimum absolute atomic E-state index is 0. The van der Waals surface area contributed by atoms with E-state index in [1.807, 2.05) is 0 Å². The lowest BCUT2D eigenvalue weighted by atomic mass is 11.0. The zero-order valence-electron chi connectivity index (χ0n) is 6.48. The Bertz CT molecular complexity index is 120. The first kappa shape index (κ1) is 9.13. The Labute approximate surface area is 60.3 Å². The average molecular weight is 145 g/mol. The molecule has 0 aromatic carbocycles. The van der Waals surface area contributed by atoms with Gasteiger partial charge in [-0.25, -0.2) is 10.2 Å². The highest BCUT2D eigenvalue weighted by atomic mass is 16.5. The van der Waals surface area contributed by atoms with Gasteiger partial charge in [0.25, 0.3) is 0 Å². The number of aromatic nitrogens is 1. The van der Waals surface area contributed by atoms with Crippen molar-refractivity contribution in [3.8, 4) is 0 Å². The van der Waals surface area contributed by atoms with E-state index in [-0.39, 0.29) is 4.65 Å². The van der Waals surface area contributed by atoms with E-state index in [0.29, 0.717) is 0 Å². The summed E-state index contributed by atoms with van der Waals surface area (Å²) in [6.07, 6.45) is 4.47. The fourth-order valence-electron chi connectivity index (χ4n) is 0.176. The van der Waals surface area contributed by atoms with Gasteiger partial charge in [-0.1, -0.05) is 0 Å². The fraction of sp³-hybridized carbons (Fsp3) is 0.500. The van der Waals surface area contributed by atoms with Gasteiger partial charge in [0.15, 0.2) is 6.39 Å². The van der Waals surface area contributed by atoms with E-state index < -0.39 is 0 Å². The lowest BCUT2D eigenvalue weighted by molar-refractivity contribution is -1.06. The molecule has 0 saturated heterocycles. The number of hydroxylamine groups is 3. The lowest BCUT2D eigenvalue weighted by Gasteiger charge is -2.09. The number of hydrogen-bond acceptors (Lipinski definition) is 3. The minimum atomic E-state index is 0. The molecule has 0 aliphatic carbocycles. The van der Waals surface area contributed by atoms with Gasteiger partial charge in [0.2, 0.25) is 0 Å². The Hall–Kier alpha value is -0.870. The van der Waals surface area contributed by atoms with E-state index in [4.69, 9.17) is 5.21 Å². The summed E-state index contributed by atoms with van der Waals surface area (Å²) in [6.45, 7) is 0. The van der Waals surface area contributed by atoms with Crippen LogP contribution in [0.4, 0.5) is 0 Å². The maximum Gasteiger partial charge on any atom is 0.180 e. The Kier molecular flexibility index (Phi) is 3.68. The van der Waals surface area contributed by atoms with Gasteiger partial charge in [-0.3, -0.25) is 0 Å². The molecule has 1 heterocycles. The van der Waals surface area contributed by atoms with Crippen molar-refractivity contribution in [3.63, 3.8) is 0 Å². The Morgan fingerprint density at radius 2 is 1.90 bits per heavy atom. The predicted molar refractivity (Wildman–Crippen MR) is 36.3 cm³/mol. The van der Waals surface area contributed by atoms with E-state index in [9.17, 15) is 0 Å². The molecule has 0 aliphatic heterocycles. The van der Waals surface area contributed by atoms with Crippen LogP contribution in [0.15, 0.2) is 23.3 Å². The molecule has 0 amide bonds. The van der Waals surface area contributed by atoms with E-state index in [1.165, 1.54) is 12.7 Å². The summed E-state index contributed by atoms with van der Waals surface area (Å²) in [4.78, 5) is 3.56. The molecule has 0 bridgehead atoms. The van der Waals surface area contributed by atoms with E-state index in [1.54, 1.807) is 27.3 Å². The quantitative estimate of drug-likeness (QED) is 0.433. The van der Waals surface area contributed by atoms with Crippen molar-refractivity contribution in [3.05, 3.63) is 18.9 Å². The molecule has 0 saturated carbocycles.